The van der Waals surface area contributed by atoms with Crippen molar-refractivity contribution < 1.29 is 5.11 Å². The van der Waals surface area contributed by atoms with Gasteiger partial charge in [-0.3, -0.25) is 0 Å². The lowest BCUT2D eigenvalue weighted by atomic mass is 10.0. The van der Waals surface area contributed by atoms with Crippen LogP contribution < -0.4 is 0 Å². The van der Waals surface area contributed by atoms with Gasteiger partial charge in [0.25, 0.3) is 0 Å². The van der Waals surface area contributed by atoms with Gasteiger partial charge < -0.3 is 5.11 Å². The Balaban J connectivity index is 3.14. The highest BCUT2D eigenvalue weighted by molar-refractivity contribution is 5.19. The lowest BCUT2D eigenvalue weighted by molar-refractivity contribution is 0.0721. The summed E-state index contributed by atoms with van der Waals surface area (Å²) < 4.78 is 0. The van der Waals surface area contributed by atoms with Crippen molar-refractivity contribution in [2.45, 2.75) is 26.4 Å². The first-order chi connectivity index (χ1) is 5.02. The van der Waals surface area contributed by atoms with Gasteiger partial charge in [0.15, 0.2) is 0 Å². The number of nitrogens with zero attached hydrogens (tertiary/aromatic N) is 2. The predicted octanol–water partition coefficient (Wildman–Crippen LogP) is 1.01. The molecule has 0 unspecified atom stereocenters. The maximum absolute atomic E-state index is 9.57. The summed E-state index contributed by atoms with van der Waals surface area (Å²) in [4.78, 5) is 0. The van der Waals surface area contributed by atoms with Gasteiger partial charge >= 0.3 is 0 Å². The van der Waals surface area contributed by atoms with E-state index in [4.69, 9.17) is 0 Å². The van der Waals surface area contributed by atoms with E-state index >= 15 is 0 Å². The second-order valence-electron chi connectivity index (χ2n) is 3.12. The molecule has 0 bridgehead atoms. The highest BCUT2D eigenvalue weighted by Gasteiger charge is 2.19. The van der Waals surface area contributed by atoms with E-state index in [0.29, 0.717) is 5.69 Å². The normalized spacial score (nSPS) is 11.6. The first kappa shape index (κ1) is 8.14. The molecule has 0 atom stereocenters. The second-order valence-corrected chi connectivity index (χ2v) is 3.12. The first-order valence-corrected chi connectivity index (χ1v) is 3.53. The highest BCUT2D eigenvalue weighted by atomic mass is 16.3. The Kier molecular flexibility index (Phi) is 1.91. The van der Waals surface area contributed by atoms with Crippen LogP contribution in [0.15, 0.2) is 12.3 Å². The van der Waals surface area contributed by atoms with Crippen LogP contribution >= 0.6 is 0 Å². The van der Waals surface area contributed by atoms with Gasteiger partial charge in [-0.25, -0.2) is 0 Å². The molecule has 1 heterocycles. The quantitative estimate of drug-likeness (QED) is 0.653. The molecule has 0 saturated heterocycles. The van der Waals surface area contributed by atoms with Crippen molar-refractivity contribution in [3.63, 3.8) is 0 Å². The SMILES string of the molecule is Cc1ccnnc1C(C)(C)O. The third-order valence-electron chi connectivity index (χ3n) is 1.50. The molecule has 3 nitrogen and oxygen atoms in total. The molecule has 0 aliphatic heterocycles. The van der Waals surface area contributed by atoms with Gasteiger partial charge in [-0.15, -0.1) is 0 Å². The molecule has 0 spiro atoms. The summed E-state index contributed by atoms with van der Waals surface area (Å²) in [6.45, 7) is 5.30. The van der Waals surface area contributed by atoms with E-state index in [1.54, 1.807) is 20.0 Å². The van der Waals surface area contributed by atoms with Crippen molar-refractivity contribution in [2.75, 3.05) is 0 Å². The summed E-state index contributed by atoms with van der Waals surface area (Å²) >= 11 is 0. The third kappa shape index (κ3) is 1.74. The molecule has 0 saturated carbocycles. The number of hydrogen-bond donors (Lipinski definition) is 1. The Morgan fingerprint density at radius 1 is 1.45 bits per heavy atom. The number of aliphatic hydroxyl groups is 1. The molecule has 1 N–H and O–H groups in total. The molecular formula is C8H12N2O. The molecule has 0 aliphatic rings. The number of hydrogen-bond acceptors (Lipinski definition) is 3. The molecule has 1 rings (SSSR count). The molecular weight excluding hydrogens is 140 g/mol. The lowest BCUT2D eigenvalue weighted by Crippen LogP contribution is -2.19. The summed E-state index contributed by atoms with van der Waals surface area (Å²) in [6, 6.07) is 1.83. The van der Waals surface area contributed by atoms with Gasteiger partial charge in [0.2, 0.25) is 0 Å². The molecule has 60 valence electrons. The molecule has 1 aromatic rings. The fourth-order valence-corrected chi connectivity index (χ4v) is 0.999. The predicted molar refractivity (Wildman–Crippen MR) is 42.0 cm³/mol. The van der Waals surface area contributed by atoms with Crippen molar-refractivity contribution in [2.24, 2.45) is 0 Å². The number of rotatable bonds is 1. The maximum atomic E-state index is 9.57. The average molecular weight is 152 g/mol. The largest absolute Gasteiger partial charge is 0.384 e. The van der Waals surface area contributed by atoms with Crippen molar-refractivity contribution in [3.8, 4) is 0 Å². The van der Waals surface area contributed by atoms with Crippen LogP contribution in [0, 0.1) is 6.92 Å². The third-order valence-corrected chi connectivity index (χ3v) is 1.50. The van der Waals surface area contributed by atoms with E-state index in [2.05, 4.69) is 10.2 Å². The Labute approximate surface area is 66.1 Å². The van der Waals surface area contributed by atoms with Crippen LogP contribution in [0.4, 0.5) is 0 Å². The molecule has 0 fully saturated rings. The van der Waals surface area contributed by atoms with E-state index in [1.165, 1.54) is 0 Å². The van der Waals surface area contributed by atoms with Gasteiger partial charge in [-0.05, 0) is 32.4 Å². The van der Waals surface area contributed by atoms with Gasteiger partial charge in [0, 0.05) is 6.20 Å². The lowest BCUT2D eigenvalue weighted by Gasteiger charge is -2.17. The van der Waals surface area contributed by atoms with E-state index in [1.807, 2.05) is 13.0 Å². The summed E-state index contributed by atoms with van der Waals surface area (Å²) in [5.41, 5.74) is 0.714. The minimum atomic E-state index is -0.891. The van der Waals surface area contributed by atoms with E-state index in [0.717, 1.165) is 5.56 Å². The average Bonchev–Trinajstić information content (AvgIpc) is 1.86. The summed E-state index contributed by atoms with van der Waals surface area (Å²) in [5.74, 6) is 0. The second kappa shape index (κ2) is 2.58. The van der Waals surface area contributed by atoms with Gasteiger partial charge in [-0.1, -0.05) is 0 Å². The topological polar surface area (TPSA) is 46.0 Å². The van der Waals surface area contributed by atoms with Crippen molar-refractivity contribution in [3.05, 3.63) is 23.5 Å². The Bertz CT molecular complexity index is 253. The zero-order valence-corrected chi connectivity index (χ0v) is 7.00. The first-order valence-electron chi connectivity index (χ1n) is 3.53. The number of aromatic nitrogens is 2. The van der Waals surface area contributed by atoms with E-state index < -0.39 is 5.60 Å². The molecule has 11 heavy (non-hydrogen) atoms. The Morgan fingerprint density at radius 2 is 2.09 bits per heavy atom. The van der Waals surface area contributed by atoms with Crippen molar-refractivity contribution in [1.29, 1.82) is 0 Å². The van der Waals surface area contributed by atoms with Crippen molar-refractivity contribution in [1.82, 2.24) is 10.2 Å². The van der Waals surface area contributed by atoms with E-state index in [9.17, 15) is 5.11 Å². The Morgan fingerprint density at radius 3 is 2.45 bits per heavy atom. The fraction of sp³-hybridized carbons (Fsp3) is 0.500. The van der Waals surface area contributed by atoms with E-state index in [-0.39, 0.29) is 0 Å². The summed E-state index contributed by atoms with van der Waals surface area (Å²) in [6.07, 6.45) is 1.62. The standard InChI is InChI=1S/C8H12N2O/c1-6-4-5-9-10-7(6)8(2,3)11/h4-5,11H,1-3H3. The fourth-order valence-electron chi connectivity index (χ4n) is 0.999. The molecule has 1 aromatic heterocycles. The van der Waals surface area contributed by atoms with Gasteiger partial charge in [0.05, 0.1) is 5.69 Å². The zero-order valence-electron chi connectivity index (χ0n) is 7.00. The van der Waals surface area contributed by atoms with Gasteiger partial charge in [-0.2, -0.15) is 10.2 Å². The molecule has 0 aliphatic carbocycles. The molecule has 0 amide bonds. The van der Waals surface area contributed by atoms with Crippen LogP contribution in [0.5, 0.6) is 0 Å². The molecule has 0 radical (unpaired) electrons. The van der Waals surface area contributed by atoms with Crippen molar-refractivity contribution >= 4 is 0 Å². The zero-order chi connectivity index (χ0) is 8.48. The van der Waals surface area contributed by atoms with Crippen LogP contribution in [0.25, 0.3) is 0 Å². The molecule has 3 heteroatoms. The van der Waals surface area contributed by atoms with Gasteiger partial charge in [0.1, 0.15) is 5.60 Å². The van der Waals surface area contributed by atoms with Crippen LogP contribution in [-0.4, -0.2) is 15.3 Å². The van der Waals surface area contributed by atoms with Crippen LogP contribution in [0.3, 0.4) is 0 Å². The number of aryl methyl sites for hydroxylation is 1. The minimum absolute atomic E-state index is 0.639. The summed E-state index contributed by atoms with van der Waals surface area (Å²) in [5, 5.41) is 17.1. The Hall–Kier alpha value is -0.960. The smallest absolute Gasteiger partial charge is 0.103 e. The van der Waals surface area contributed by atoms with Crippen LogP contribution in [0.1, 0.15) is 25.1 Å². The summed E-state index contributed by atoms with van der Waals surface area (Å²) in [7, 11) is 0. The highest BCUT2D eigenvalue weighted by Crippen LogP contribution is 2.18. The maximum Gasteiger partial charge on any atom is 0.103 e. The minimum Gasteiger partial charge on any atom is -0.384 e. The monoisotopic (exact) mass is 152 g/mol. The van der Waals surface area contributed by atoms with Crippen LogP contribution in [-0.2, 0) is 5.60 Å². The van der Waals surface area contributed by atoms with Crippen LogP contribution in [0.2, 0.25) is 0 Å². The molecule has 0 aromatic carbocycles.